The fourth-order valence-corrected chi connectivity index (χ4v) is 3.31. The predicted molar refractivity (Wildman–Crippen MR) is 101 cm³/mol. The van der Waals surface area contributed by atoms with Crippen molar-refractivity contribution in [2.75, 3.05) is 0 Å². The number of hydrogen-bond acceptors (Lipinski definition) is 4. The molecule has 2 heterocycles. The Balaban J connectivity index is 1.82. The first-order valence-corrected chi connectivity index (χ1v) is 8.55. The number of rotatable bonds is 3. The van der Waals surface area contributed by atoms with Crippen molar-refractivity contribution in [2.45, 2.75) is 26.3 Å². The summed E-state index contributed by atoms with van der Waals surface area (Å²) in [6, 6.07) is 12.6. The summed E-state index contributed by atoms with van der Waals surface area (Å²) in [5.41, 5.74) is 3.53. The Morgan fingerprint density at radius 3 is 2.69 bits per heavy atom. The highest BCUT2D eigenvalue weighted by molar-refractivity contribution is 5.85. The van der Waals surface area contributed by atoms with E-state index in [1.54, 1.807) is 10.6 Å². The van der Waals surface area contributed by atoms with Gasteiger partial charge in [0.1, 0.15) is 5.82 Å². The summed E-state index contributed by atoms with van der Waals surface area (Å²) in [6.45, 7) is 2.66. The van der Waals surface area contributed by atoms with Gasteiger partial charge in [-0.05, 0) is 41.7 Å². The van der Waals surface area contributed by atoms with E-state index in [9.17, 15) is 14.9 Å². The van der Waals surface area contributed by atoms with Gasteiger partial charge in [-0.25, -0.2) is 4.98 Å². The third-order valence-electron chi connectivity index (χ3n) is 4.77. The van der Waals surface area contributed by atoms with Crippen LogP contribution < -0.4 is 5.56 Å². The number of hydrogen-bond donors (Lipinski definition) is 0. The van der Waals surface area contributed by atoms with Gasteiger partial charge in [-0.3, -0.25) is 19.5 Å². The molecule has 0 radical (unpaired) electrons. The molecule has 1 aliphatic heterocycles. The van der Waals surface area contributed by atoms with E-state index in [0.29, 0.717) is 17.9 Å². The summed E-state index contributed by atoms with van der Waals surface area (Å²) < 4.78 is 1.61. The maximum Gasteiger partial charge on any atom is 0.270 e. The number of nitro benzene ring substituents is 1. The lowest BCUT2D eigenvalue weighted by atomic mass is 10.1. The second kappa shape index (κ2) is 6.22. The van der Waals surface area contributed by atoms with E-state index in [-0.39, 0.29) is 16.6 Å². The Morgan fingerprint density at radius 1 is 1.23 bits per heavy atom. The largest absolute Gasteiger partial charge is 0.292 e. The molecule has 0 bridgehead atoms. The number of benzene rings is 2. The molecule has 0 N–H and O–H groups in total. The lowest BCUT2D eigenvalue weighted by Gasteiger charge is -2.06. The summed E-state index contributed by atoms with van der Waals surface area (Å²) in [6.07, 6.45) is 3.77. The van der Waals surface area contributed by atoms with E-state index in [4.69, 9.17) is 0 Å². The number of nitrogens with zero attached hydrogens (tertiary/aromatic N) is 3. The van der Waals surface area contributed by atoms with Crippen LogP contribution in [-0.4, -0.2) is 14.5 Å². The second-order valence-corrected chi connectivity index (χ2v) is 6.37. The van der Waals surface area contributed by atoms with Crippen LogP contribution in [-0.2, 0) is 13.0 Å². The Kier molecular flexibility index (Phi) is 3.88. The van der Waals surface area contributed by atoms with Crippen LogP contribution >= 0.6 is 0 Å². The number of aryl methyl sites for hydroxylation is 1. The van der Waals surface area contributed by atoms with Gasteiger partial charge in [-0.15, -0.1) is 0 Å². The van der Waals surface area contributed by atoms with Crippen LogP contribution in [0, 0.1) is 10.1 Å². The molecule has 26 heavy (non-hydrogen) atoms. The van der Waals surface area contributed by atoms with Gasteiger partial charge < -0.3 is 0 Å². The average Bonchev–Trinajstić information content (AvgIpc) is 3.05. The Morgan fingerprint density at radius 2 is 2.00 bits per heavy atom. The van der Waals surface area contributed by atoms with E-state index >= 15 is 0 Å². The van der Waals surface area contributed by atoms with Gasteiger partial charge >= 0.3 is 0 Å². The zero-order valence-electron chi connectivity index (χ0n) is 14.3. The first-order valence-electron chi connectivity index (χ1n) is 8.55. The molecule has 4 rings (SSSR count). The number of allylic oxidation sites excluding steroid dienone is 1. The standard InChI is InChI=1S/C20H17N3O3/c1-2-13-3-5-14(6-4-13)11-15-9-10-22-19(15)21-18-8-7-16(23(25)26)12-17(18)20(22)24/h3-8,11-12H,2,9-10H2,1H3/b15-11+. The normalized spacial score (nSPS) is 14.7. The molecule has 0 aliphatic carbocycles. The van der Waals surface area contributed by atoms with Gasteiger partial charge in [0.05, 0.1) is 15.8 Å². The molecule has 0 saturated heterocycles. The van der Waals surface area contributed by atoms with Crippen molar-refractivity contribution < 1.29 is 4.92 Å². The monoisotopic (exact) mass is 347 g/mol. The highest BCUT2D eigenvalue weighted by atomic mass is 16.6. The molecule has 1 aromatic heterocycles. The predicted octanol–water partition coefficient (Wildman–Crippen LogP) is 3.81. The smallest absolute Gasteiger partial charge is 0.270 e. The lowest BCUT2D eigenvalue weighted by Crippen LogP contribution is -2.20. The molecule has 6 nitrogen and oxygen atoms in total. The molecule has 0 atom stereocenters. The van der Waals surface area contributed by atoms with E-state index in [0.717, 1.165) is 24.0 Å². The highest BCUT2D eigenvalue weighted by Gasteiger charge is 2.22. The number of nitro groups is 1. The summed E-state index contributed by atoms with van der Waals surface area (Å²) in [4.78, 5) is 27.8. The molecule has 0 fully saturated rings. The van der Waals surface area contributed by atoms with Crippen molar-refractivity contribution in [1.29, 1.82) is 0 Å². The van der Waals surface area contributed by atoms with Crippen molar-refractivity contribution >= 4 is 28.2 Å². The Bertz CT molecular complexity index is 1110. The maximum absolute atomic E-state index is 12.7. The summed E-state index contributed by atoms with van der Waals surface area (Å²) in [5.74, 6) is 0.649. The summed E-state index contributed by atoms with van der Waals surface area (Å²) in [5, 5.41) is 11.2. The van der Waals surface area contributed by atoms with Gasteiger partial charge in [0.25, 0.3) is 11.2 Å². The zero-order chi connectivity index (χ0) is 18.3. The highest BCUT2D eigenvalue weighted by Crippen LogP contribution is 2.28. The molecule has 130 valence electrons. The molecular weight excluding hydrogens is 330 g/mol. The molecule has 2 aromatic carbocycles. The summed E-state index contributed by atoms with van der Waals surface area (Å²) in [7, 11) is 0. The molecule has 1 aliphatic rings. The first-order chi connectivity index (χ1) is 12.6. The Labute approximate surface area is 149 Å². The van der Waals surface area contributed by atoms with Crippen LogP contribution in [0.4, 0.5) is 5.69 Å². The van der Waals surface area contributed by atoms with Crippen LogP contribution in [0.3, 0.4) is 0 Å². The van der Waals surface area contributed by atoms with Crippen molar-refractivity contribution in [2.24, 2.45) is 0 Å². The van der Waals surface area contributed by atoms with Gasteiger partial charge in [0, 0.05) is 18.7 Å². The molecule has 0 amide bonds. The van der Waals surface area contributed by atoms with Gasteiger partial charge in [-0.1, -0.05) is 31.2 Å². The molecule has 0 unspecified atom stereocenters. The third kappa shape index (κ3) is 2.69. The minimum atomic E-state index is -0.498. The van der Waals surface area contributed by atoms with E-state index < -0.39 is 4.92 Å². The van der Waals surface area contributed by atoms with E-state index in [1.165, 1.54) is 17.7 Å². The Hall–Kier alpha value is -3.28. The third-order valence-corrected chi connectivity index (χ3v) is 4.77. The van der Waals surface area contributed by atoms with Crippen LogP contribution in [0.2, 0.25) is 0 Å². The van der Waals surface area contributed by atoms with Crippen molar-refractivity contribution in [3.63, 3.8) is 0 Å². The maximum atomic E-state index is 12.7. The fourth-order valence-electron chi connectivity index (χ4n) is 3.31. The molecule has 0 saturated carbocycles. The van der Waals surface area contributed by atoms with E-state index in [1.807, 2.05) is 0 Å². The molecular formula is C20H17N3O3. The topological polar surface area (TPSA) is 78.0 Å². The lowest BCUT2D eigenvalue weighted by molar-refractivity contribution is -0.384. The van der Waals surface area contributed by atoms with Gasteiger partial charge in [0.2, 0.25) is 0 Å². The van der Waals surface area contributed by atoms with E-state index in [2.05, 4.69) is 42.2 Å². The minimum absolute atomic E-state index is 0.0956. The van der Waals surface area contributed by atoms with Crippen molar-refractivity contribution in [3.05, 3.63) is 79.9 Å². The number of non-ortho nitro benzene ring substituents is 1. The van der Waals surface area contributed by atoms with Gasteiger partial charge in [0.15, 0.2) is 0 Å². The minimum Gasteiger partial charge on any atom is -0.292 e. The van der Waals surface area contributed by atoms with Gasteiger partial charge in [-0.2, -0.15) is 0 Å². The van der Waals surface area contributed by atoms with Crippen molar-refractivity contribution in [3.8, 4) is 0 Å². The first kappa shape index (κ1) is 16.2. The zero-order valence-corrected chi connectivity index (χ0v) is 14.3. The summed E-state index contributed by atoms with van der Waals surface area (Å²) >= 11 is 0. The molecule has 3 aromatic rings. The quantitative estimate of drug-likeness (QED) is 0.533. The fraction of sp³-hybridized carbons (Fsp3) is 0.200. The molecule has 6 heteroatoms. The average molecular weight is 347 g/mol. The van der Waals surface area contributed by atoms with Crippen LogP contribution in [0.25, 0.3) is 22.6 Å². The van der Waals surface area contributed by atoms with Crippen LogP contribution in [0.5, 0.6) is 0 Å². The van der Waals surface area contributed by atoms with Crippen LogP contribution in [0.15, 0.2) is 47.3 Å². The number of fused-ring (bicyclic) bond motifs is 2. The number of aromatic nitrogens is 2. The van der Waals surface area contributed by atoms with Crippen LogP contribution in [0.1, 0.15) is 30.3 Å². The van der Waals surface area contributed by atoms with Crippen molar-refractivity contribution in [1.82, 2.24) is 9.55 Å². The SMILES string of the molecule is CCc1ccc(/C=C2\CCn3c2nc2ccc([N+](=O)[O-])cc2c3=O)cc1. The molecule has 0 spiro atoms. The second-order valence-electron chi connectivity index (χ2n) is 6.37.